The molecule has 1 heterocycles. The highest BCUT2D eigenvalue weighted by Gasteiger charge is 2.32. The van der Waals surface area contributed by atoms with E-state index in [0.29, 0.717) is 13.1 Å². The van der Waals surface area contributed by atoms with E-state index in [9.17, 15) is 9.59 Å². The normalized spacial score (nSPS) is 24.3. The third-order valence-electron chi connectivity index (χ3n) is 1.95. The van der Waals surface area contributed by atoms with Crippen LogP contribution in [0.5, 0.6) is 0 Å². The van der Waals surface area contributed by atoms with Crippen LogP contribution in [-0.4, -0.2) is 35.0 Å². The summed E-state index contributed by atoms with van der Waals surface area (Å²) in [6.45, 7) is 2.84. The summed E-state index contributed by atoms with van der Waals surface area (Å²) in [6.07, 6.45) is 0.170. The molecule has 1 N–H and O–H groups in total. The van der Waals surface area contributed by atoms with Crippen molar-refractivity contribution in [1.29, 1.82) is 0 Å². The smallest absolute Gasteiger partial charge is 0.308 e. The minimum atomic E-state index is -0.866. The third kappa shape index (κ3) is 1.50. The molecule has 0 radical (unpaired) electrons. The molecule has 0 bridgehead atoms. The lowest BCUT2D eigenvalue weighted by atomic mass is 10.1. The van der Waals surface area contributed by atoms with Crippen LogP contribution in [0.15, 0.2) is 0 Å². The van der Waals surface area contributed by atoms with Crippen LogP contribution in [0.3, 0.4) is 0 Å². The van der Waals surface area contributed by atoms with Crippen molar-refractivity contribution in [2.75, 3.05) is 13.1 Å². The number of carboxylic acid groups (broad SMARTS) is 1. The van der Waals surface area contributed by atoms with Gasteiger partial charge < -0.3 is 10.0 Å². The molecule has 1 fully saturated rings. The molecule has 11 heavy (non-hydrogen) atoms. The molecular formula is C7H11NO3. The molecule has 0 aromatic heterocycles. The highest BCUT2D eigenvalue weighted by molar-refractivity contribution is 5.85. The molecule has 1 rings (SSSR count). The number of carboxylic acids is 1. The molecule has 0 aromatic carbocycles. The van der Waals surface area contributed by atoms with E-state index in [1.807, 2.05) is 6.92 Å². The fourth-order valence-corrected chi connectivity index (χ4v) is 1.24. The number of hydrogen-bond acceptors (Lipinski definition) is 2. The number of amides is 1. The topological polar surface area (TPSA) is 57.6 Å². The first-order valence-corrected chi connectivity index (χ1v) is 3.65. The molecule has 0 aliphatic carbocycles. The molecule has 0 spiro atoms. The van der Waals surface area contributed by atoms with E-state index < -0.39 is 11.9 Å². The Kier molecular flexibility index (Phi) is 2.12. The molecule has 1 atom stereocenters. The first-order valence-electron chi connectivity index (χ1n) is 3.65. The van der Waals surface area contributed by atoms with Crippen LogP contribution in [0.4, 0.5) is 0 Å². The van der Waals surface area contributed by atoms with E-state index >= 15 is 0 Å². The minimum Gasteiger partial charge on any atom is -0.481 e. The Hall–Kier alpha value is -1.06. The summed E-state index contributed by atoms with van der Waals surface area (Å²) in [5.74, 6) is -1.39. The van der Waals surface area contributed by atoms with Crippen molar-refractivity contribution < 1.29 is 14.7 Å². The Labute approximate surface area is 64.8 Å². The molecule has 0 saturated carbocycles. The number of likely N-dealkylation sites (tertiary alicyclic amines) is 1. The zero-order chi connectivity index (χ0) is 8.43. The minimum absolute atomic E-state index is 0.0418. The first-order chi connectivity index (χ1) is 5.15. The van der Waals surface area contributed by atoms with E-state index in [-0.39, 0.29) is 12.3 Å². The molecule has 4 nitrogen and oxygen atoms in total. The Morgan fingerprint density at radius 1 is 1.82 bits per heavy atom. The number of aliphatic carboxylic acids is 1. The van der Waals surface area contributed by atoms with Crippen molar-refractivity contribution in [2.24, 2.45) is 5.92 Å². The average molecular weight is 157 g/mol. The molecule has 1 aliphatic heterocycles. The molecule has 62 valence electrons. The molecule has 1 aliphatic rings. The maximum absolute atomic E-state index is 11.0. The Bertz CT molecular complexity index is 190. The maximum Gasteiger partial charge on any atom is 0.308 e. The number of nitrogens with zero attached hydrogens (tertiary/aromatic N) is 1. The van der Waals surface area contributed by atoms with Crippen LogP contribution in [-0.2, 0) is 9.59 Å². The second-order valence-corrected chi connectivity index (χ2v) is 2.67. The van der Waals surface area contributed by atoms with E-state index in [2.05, 4.69) is 0 Å². The fraction of sp³-hybridized carbons (Fsp3) is 0.714. The summed E-state index contributed by atoms with van der Waals surface area (Å²) >= 11 is 0. The average Bonchev–Trinajstić information content (AvgIpc) is 2.31. The summed E-state index contributed by atoms with van der Waals surface area (Å²) in [5.41, 5.74) is 0. The molecule has 1 amide bonds. The van der Waals surface area contributed by atoms with Crippen molar-refractivity contribution in [3.8, 4) is 0 Å². The van der Waals surface area contributed by atoms with E-state index in [1.54, 1.807) is 4.90 Å². The van der Waals surface area contributed by atoms with Crippen molar-refractivity contribution in [3.63, 3.8) is 0 Å². The SMILES string of the molecule is CCN1CC(C(=O)O)CC1=O. The summed E-state index contributed by atoms with van der Waals surface area (Å²) in [6, 6.07) is 0. The summed E-state index contributed by atoms with van der Waals surface area (Å²) in [4.78, 5) is 23.0. The van der Waals surface area contributed by atoms with Gasteiger partial charge in [0.15, 0.2) is 0 Å². The lowest BCUT2D eigenvalue weighted by Gasteiger charge is -2.11. The monoisotopic (exact) mass is 157 g/mol. The van der Waals surface area contributed by atoms with Crippen LogP contribution in [0.1, 0.15) is 13.3 Å². The maximum atomic E-state index is 11.0. The second-order valence-electron chi connectivity index (χ2n) is 2.67. The lowest BCUT2D eigenvalue weighted by molar-refractivity contribution is -0.141. The predicted octanol–water partition coefficient (Wildman–Crippen LogP) is -0.0606. The largest absolute Gasteiger partial charge is 0.481 e. The highest BCUT2D eigenvalue weighted by atomic mass is 16.4. The van der Waals surface area contributed by atoms with E-state index in [1.165, 1.54) is 0 Å². The van der Waals surface area contributed by atoms with Gasteiger partial charge >= 0.3 is 5.97 Å². The van der Waals surface area contributed by atoms with Crippen LogP contribution < -0.4 is 0 Å². The Morgan fingerprint density at radius 3 is 2.73 bits per heavy atom. The van der Waals surface area contributed by atoms with Gasteiger partial charge in [-0.25, -0.2) is 0 Å². The third-order valence-corrected chi connectivity index (χ3v) is 1.95. The van der Waals surface area contributed by atoms with Crippen molar-refractivity contribution >= 4 is 11.9 Å². The van der Waals surface area contributed by atoms with Crippen LogP contribution >= 0.6 is 0 Å². The van der Waals surface area contributed by atoms with Crippen LogP contribution in [0.25, 0.3) is 0 Å². The van der Waals surface area contributed by atoms with Crippen LogP contribution in [0, 0.1) is 5.92 Å². The standard InChI is InChI=1S/C7H11NO3/c1-2-8-4-5(7(10)11)3-6(8)9/h5H,2-4H2,1H3,(H,10,11). The predicted molar refractivity (Wildman–Crippen MR) is 38.0 cm³/mol. The van der Waals surface area contributed by atoms with Gasteiger partial charge in [-0.3, -0.25) is 9.59 Å². The van der Waals surface area contributed by atoms with Gasteiger partial charge in [0.05, 0.1) is 5.92 Å². The first kappa shape index (κ1) is 8.04. The van der Waals surface area contributed by atoms with Gasteiger partial charge in [0.25, 0.3) is 0 Å². The summed E-state index contributed by atoms with van der Waals surface area (Å²) < 4.78 is 0. The van der Waals surface area contributed by atoms with Gasteiger partial charge in [0.1, 0.15) is 0 Å². The number of carbonyl (C=O) groups excluding carboxylic acids is 1. The molecule has 1 unspecified atom stereocenters. The van der Waals surface area contributed by atoms with Crippen LogP contribution in [0.2, 0.25) is 0 Å². The number of rotatable bonds is 2. The highest BCUT2D eigenvalue weighted by Crippen LogP contribution is 2.16. The molecule has 1 saturated heterocycles. The van der Waals surface area contributed by atoms with E-state index in [0.717, 1.165) is 0 Å². The second kappa shape index (κ2) is 2.90. The van der Waals surface area contributed by atoms with Gasteiger partial charge in [-0.2, -0.15) is 0 Å². The zero-order valence-electron chi connectivity index (χ0n) is 6.41. The summed E-state index contributed by atoms with van der Waals surface area (Å²) in [5, 5.41) is 8.57. The van der Waals surface area contributed by atoms with Crippen molar-refractivity contribution in [2.45, 2.75) is 13.3 Å². The van der Waals surface area contributed by atoms with Crippen molar-refractivity contribution in [1.82, 2.24) is 4.90 Å². The Morgan fingerprint density at radius 2 is 2.45 bits per heavy atom. The van der Waals surface area contributed by atoms with Gasteiger partial charge in [-0.05, 0) is 6.92 Å². The van der Waals surface area contributed by atoms with Gasteiger partial charge in [-0.15, -0.1) is 0 Å². The molecular weight excluding hydrogens is 146 g/mol. The summed E-state index contributed by atoms with van der Waals surface area (Å²) in [7, 11) is 0. The quantitative estimate of drug-likeness (QED) is 0.610. The fourth-order valence-electron chi connectivity index (χ4n) is 1.24. The van der Waals surface area contributed by atoms with Gasteiger partial charge in [0.2, 0.25) is 5.91 Å². The Balaban J connectivity index is 2.56. The molecule has 0 aromatic rings. The lowest BCUT2D eigenvalue weighted by Crippen LogP contribution is -2.25. The number of carbonyl (C=O) groups is 2. The molecule has 4 heteroatoms. The van der Waals surface area contributed by atoms with Crippen molar-refractivity contribution in [3.05, 3.63) is 0 Å². The van der Waals surface area contributed by atoms with E-state index in [4.69, 9.17) is 5.11 Å². The number of hydrogen-bond donors (Lipinski definition) is 1. The van der Waals surface area contributed by atoms with Gasteiger partial charge in [0, 0.05) is 19.5 Å². The zero-order valence-corrected chi connectivity index (χ0v) is 6.41. The van der Waals surface area contributed by atoms with Gasteiger partial charge in [-0.1, -0.05) is 0 Å².